The minimum absolute atomic E-state index is 0.634. The van der Waals surface area contributed by atoms with Crippen LogP contribution in [0.4, 0.5) is 0 Å². The number of likely N-dealkylation sites (N-methyl/N-ethyl adjacent to an activating group) is 1. The van der Waals surface area contributed by atoms with Gasteiger partial charge in [0.15, 0.2) is 0 Å². The molecule has 0 saturated heterocycles. The maximum absolute atomic E-state index is 5.64. The molecule has 4 heteroatoms. The van der Waals surface area contributed by atoms with Gasteiger partial charge in [0.1, 0.15) is 12.4 Å². The van der Waals surface area contributed by atoms with Gasteiger partial charge in [-0.15, -0.1) is 0 Å². The number of hydrogen-bond donors (Lipinski definition) is 1. The molecule has 17 heavy (non-hydrogen) atoms. The van der Waals surface area contributed by atoms with E-state index < -0.39 is 0 Å². The van der Waals surface area contributed by atoms with E-state index >= 15 is 0 Å². The third kappa shape index (κ3) is 5.15. The maximum Gasteiger partial charge on any atom is 0.137 e. The normalized spacial score (nSPS) is 10.8. The average Bonchev–Trinajstić information content (AvgIpc) is 2.37. The zero-order valence-electron chi connectivity index (χ0n) is 10.9. The van der Waals surface area contributed by atoms with Gasteiger partial charge in [0.05, 0.1) is 6.20 Å². The summed E-state index contributed by atoms with van der Waals surface area (Å²) in [7, 11) is 0. The van der Waals surface area contributed by atoms with Gasteiger partial charge in [0.25, 0.3) is 0 Å². The molecule has 0 aliphatic rings. The fourth-order valence-electron chi connectivity index (χ4n) is 1.62. The Labute approximate surface area is 104 Å². The molecular weight excluding hydrogens is 214 g/mol. The molecule has 1 heterocycles. The summed E-state index contributed by atoms with van der Waals surface area (Å²) >= 11 is 0. The lowest BCUT2D eigenvalue weighted by Gasteiger charge is -2.17. The molecule has 1 aromatic heterocycles. The molecule has 0 bridgehead atoms. The summed E-state index contributed by atoms with van der Waals surface area (Å²) in [5, 5.41) is 0. The number of hydrogen-bond acceptors (Lipinski definition) is 4. The molecule has 0 radical (unpaired) electrons. The fraction of sp³-hybridized carbons (Fsp3) is 0.615. The molecule has 0 amide bonds. The number of ether oxygens (including phenoxy) is 1. The zero-order chi connectivity index (χ0) is 12.5. The van der Waals surface area contributed by atoms with Crippen molar-refractivity contribution in [1.82, 2.24) is 9.88 Å². The van der Waals surface area contributed by atoms with E-state index in [2.05, 4.69) is 23.7 Å². The molecular formula is C13H23N3O. The van der Waals surface area contributed by atoms with Crippen LogP contribution in [0.25, 0.3) is 0 Å². The van der Waals surface area contributed by atoms with Gasteiger partial charge in [-0.1, -0.05) is 13.8 Å². The summed E-state index contributed by atoms with van der Waals surface area (Å²) in [6, 6.07) is 3.93. The highest BCUT2D eigenvalue weighted by atomic mass is 16.5. The first-order valence-electron chi connectivity index (χ1n) is 6.30. The molecule has 0 spiro atoms. The molecule has 1 rings (SSSR count). The lowest BCUT2D eigenvalue weighted by atomic mass is 10.3. The Balaban J connectivity index is 2.31. The SMILES string of the molecule is CCN(CC)CCOc1ccc(CCN)nc1. The Kier molecular flexibility index (Phi) is 6.58. The lowest BCUT2D eigenvalue weighted by Crippen LogP contribution is -2.27. The van der Waals surface area contributed by atoms with Crippen molar-refractivity contribution in [3.05, 3.63) is 24.0 Å². The molecule has 0 aliphatic heterocycles. The molecule has 0 atom stereocenters. The van der Waals surface area contributed by atoms with E-state index in [9.17, 15) is 0 Å². The van der Waals surface area contributed by atoms with Gasteiger partial charge in [-0.3, -0.25) is 4.98 Å². The number of aromatic nitrogens is 1. The Morgan fingerprint density at radius 2 is 2.06 bits per heavy atom. The Morgan fingerprint density at radius 1 is 1.29 bits per heavy atom. The second-order valence-corrected chi connectivity index (χ2v) is 3.90. The van der Waals surface area contributed by atoms with Crippen LogP contribution in [0.3, 0.4) is 0 Å². The van der Waals surface area contributed by atoms with Crippen molar-refractivity contribution >= 4 is 0 Å². The topological polar surface area (TPSA) is 51.4 Å². The first-order chi connectivity index (χ1) is 8.30. The van der Waals surface area contributed by atoms with Gasteiger partial charge in [0, 0.05) is 18.7 Å². The highest BCUT2D eigenvalue weighted by molar-refractivity contribution is 5.19. The van der Waals surface area contributed by atoms with Crippen molar-refractivity contribution in [2.24, 2.45) is 5.73 Å². The van der Waals surface area contributed by atoms with E-state index in [-0.39, 0.29) is 0 Å². The summed E-state index contributed by atoms with van der Waals surface area (Å²) in [5.41, 5.74) is 6.48. The Hall–Kier alpha value is -1.13. The van der Waals surface area contributed by atoms with Crippen molar-refractivity contribution in [2.45, 2.75) is 20.3 Å². The van der Waals surface area contributed by atoms with Crippen LogP contribution < -0.4 is 10.5 Å². The fourth-order valence-corrected chi connectivity index (χ4v) is 1.62. The molecule has 0 fully saturated rings. The van der Waals surface area contributed by atoms with Crippen LogP contribution in [0.1, 0.15) is 19.5 Å². The van der Waals surface area contributed by atoms with Crippen LogP contribution in [-0.4, -0.2) is 42.7 Å². The van der Waals surface area contributed by atoms with Crippen LogP contribution in [-0.2, 0) is 6.42 Å². The van der Waals surface area contributed by atoms with Gasteiger partial charge in [-0.05, 0) is 31.8 Å². The molecule has 0 aliphatic carbocycles. The van der Waals surface area contributed by atoms with Gasteiger partial charge in [-0.25, -0.2) is 0 Å². The molecule has 0 aromatic carbocycles. The van der Waals surface area contributed by atoms with Crippen molar-refractivity contribution in [3.8, 4) is 5.75 Å². The van der Waals surface area contributed by atoms with E-state index in [0.29, 0.717) is 13.2 Å². The Morgan fingerprint density at radius 3 is 2.59 bits per heavy atom. The van der Waals surface area contributed by atoms with E-state index in [1.165, 1.54) is 0 Å². The molecule has 2 N–H and O–H groups in total. The number of nitrogens with zero attached hydrogens (tertiary/aromatic N) is 2. The quantitative estimate of drug-likeness (QED) is 0.740. The third-order valence-corrected chi connectivity index (χ3v) is 2.77. The van der Waals surface area contributed by atoms with Gasteiger partial charge in [-0.2, -0.15) is 0 Å². The number of nitrogens with two attached hydrogens (primary N) is 1. The Bertz CT molecular complexity index is 296. The second-order valence-electron chi connectivity index (χ2n) is 3.90. The standard InChI is InChI=1S/C13H23N3O/c1-3-16(4-2)9-10-17-13-6-5-12(7-8-14)15-11-13/h5-6,11H,3-4,7-10,14H2,1-2H3. The molecule has 96 valence electrons. The minimum Gasteiger partial charge on any atom is -0.491 e. The largest absolute Gasteiger partial charge is 0.491 e. The highest BCUT2D eigenvalue weighted by Crippen LogP contribution is 2.09. The molecule has 1 aromatic rings. The lowest BCUT2D eigenvalue weighted by molar-refractivity contribution is 0.222. The van der Waals surface area contributed by atoms with Crippen LogP contribution in [0.15, 0.2) is 18.3 Å². The first kappa shape index (κ1) is 13.9. The van der Waals surface area contributed by atoms with E-state index in [0.717, 1.165) is 37.5 Å². The average molecular weight is 237 g/mol. The van der Waals surface area contributed by atoms with Crippen molar-refractivity contribution < 1.29 is 4.74 Å². The van der Waals surface area contributed by atoms with E-state index in [1.54, 1.807) is 6.20 Å². The molecule has 0 saturated carbocycles. The summed E-state index contributed by atoms with van der Waals surface area (Å²) in [4.78, 5) is 6.62. The van der Waals surface area contributed by atoms with Crippen LogP contribution in [0, 0.1) is 0 Å². The van der Waals surface area contributed by atoms with Crippen LogP contribution in [0.2, 0.25) is 0 Å². The predicted molar refractivity (Wildman–Crippen MR) is 70.3 cm³/mol. The third-order valence-electron chi connectivity index (χ3n) is 2.77. The summed E-state index contributed by atoms with van der Waals surface area (Å²) in [6.07, 6.45) is 2.59. The van der Waals surface area contributed by atoms with E-state index in [1.807, 2.05) is 12.1 Å². The maximum atomic E-state index is 5.64. The second kappa shape index (κ2) is 8.03. The highest BCUT2D eigenvalue weighted by Gasteiger charge is 2.00. The van der Waals surface area contributed by atoms with Crippen molar-refractivity contribution in [2.75, 3.05) is 32.8 Å². The summed E-state index contributed by atoms with van der Waals surface area (Å²) in [5.74, 6) is 0.831. The van der Waals surface area contributed by atoms with Gasteiger partial charge in [0.2, 0.25) is 0 Å². The summed E-state index contributed by atoms with van der Waals surface area (Å²) < 4.78 is 5.64. The zero-order valence-corrected chi connectivity index (χ0v) is 10.9. The molecule has 0 unspecified atom stereocenters. The van der Waals surface area contributed by atoms with Gasteiger partial charge >= 0.3 is 0 Å². The summed E-state index contributed by atoms with van der Waals surface area (Å²) in [6.45, 7) is 8.74. The van der Waals surface area contributed by atoms with Crippen molar-refractivity contribution in [1.29, 1.82) is 0 Å². The predicted octanol–water partition coefficient (Wildman–Crippen LogP) is 1.30. The minimum atomic E-state index is 0.634. The van der Waals surface area contributed by atoms with Gasteiger partial charge < -0.3 is 15.4 Å². The van der Waals surface area contributed by atoms with Crippen molar-refractivity contribution in [3.63, 3.8) is 0 Å². The van der Waals surface area contributed by atoms with E-state index in [4.69, 9.17) is 10.5 Å². The number of rotatable bonds is 8. The first-order valence-corrected chi connectivity index (χ1v) is 6.30. The van der Waals surface area contributed by atoms with Crippen LogP contribution >= 0.6 is 0 Å². The monoisotopic (exact) mass is 237 g/mol. The van der Waals surface area contributed by atoms with Crippen LogP contribution in [0.5, 0.6) is 5.75 Å². The smallest absolute Gasteiger partial charge is 0.137 e. The molecule has 4 nitrogen and oxygen atoms in total. The number of pyridine rings is 1.